The van der Waals surface area contributed by atoms with Gasteiger partial charge in [0, 0.05) is 30.4 Å². The molecule has 1 spiro atoms. The number of carbonyl (C=O) groups is 1. The zero-order valence-electron chi connectivity index (χ0n) is 16.5. The normalized spacial score (nSPS) is 22.0. The Labute approximate surface area is 169 Å². The summed E-state index contributed by atoms with van der Waals surface area (Å²) in [6.45, 7) is 6.22. The van der Waals surface area contributed by atoms with Gasteiger partial charge in [-0.1, -0.05) is 0 Å². The number of piperidine rings is 1. The van der Waals surface area contributed by atoms with Gasteiger partial charge < -0.3 is 9.88 Å². The number of amides is 1. The summed E-state index contributed by atoms with van der Waals surface area (Å²) in [7, 11) is 0. The Bertz CT molecular complexity index is 862. The van der Waals surface area contributed by atoms with Gasteiger partial charge in [0.25, 0.3) is 5.91 Å². The minimum absolute atomic E-state index is 0.0430. The van der Waals surface area contributed by atoms with Crippen molar-refractivity contribution in [2.45, 2.75) is 71.0 Å². The summed E-state index contributed by atoms with van der Waals surface area (Å²) >= 11 is 1.76. The first-order valence-corrected chi connectivity index (χ1v) is 11.3. The molecule has 1 amide bonds. The van der Waals surface area contributed by atoms with Crippen molar-refractivity contribution in [3.8, 4) is 0 Å². The first-order chi connectivity index (χ1) is 13.6. The van der Waals surface area contributed by atoms with Crippen molar-refractivity contribution in [1.29, 1.82) is 0 Å². The SMILES string of the molecule is Cc1ncsc1CN1CCC2(CCc3nnc(C(=O)NC4CCC4)n3C2)CC1. The van der Waals surface area contributed by atoms with E-state index in [1.165, 1.54) is 29.8 Å². The number of aromatic nitrogens is 4. The van der Waals surface area contributed by atoms with Gasteiger partial charge in [0.05, 0.1) is 11.2 Å². The minimum Gasteiger partial charge on any atom is -0.347 e. The number of hydrogen-bond donors (Lipinski definition) is 1. The second kappa shape index (κ2) is 7.22. The molecule has 2 fully saturated rings. The van der Waals surface area contributed by atoms with Crippen molar-refractivity contribution in [2.75, 3.05) is 13.1 Å². The molecule has 2 aromatic rings. The molecule has 150 valence electrons. The van der Waals surface area contributed by atoms with Gasteiger partial charge in [-0.3, -0.25) is 9.69 Å². The maximum Gasteiger partial charge on any atom is 0.289 e. The summed E-state index contributed by atoms with van der Waals surface area (Å²) in [5.74, 6) is 1.45. The molecule has 0 bridgehead atoms. The van der Waals surface area contributed by atoms with E-state index in [-0.39, 0.29) is 11.3 Å². The smallest absolute Gasteiger partial charge is 0.289 e. The molecule has 7 nitrogen and oxygen atoms in total. The van der Waals surface area contributed by atoms with Gasteiger partial charge in [0.1, 0.15) is 5.82 Å². The molecule has 1 saturated heterocycles. The number of aryl methyl sites for hydroxylation is 2. The van der Waals surface area contributed by atoms with E-state index in [0.717, 1.165) is 57.7 Å². The Morgan fingerprint density at radius 1 is 1.29 bits per heavy atom. The van der Waals surface area contributed by atoms with Crippen LogP contribution < -0.4 is 5.32 Å². The van der Waals surface area contributed by atoms with Gasteiger partial charge in [0.2, 0.25) is 5.82 Å². The molecule has 1 N–H and O–H groups in total. The zero-order valence-corrected chi connectivity index (χ0v) is 17.3. The highest BCUT2D eigenvalue weighted by Gasteiger charge is 2.40. The summed E-state index contributed by atoms with van der Waals surface area (Å²) in [5, 5.41) is 11.7. The molecular weight excluding hydrogens is 372 g/mol. The molecule has 1 aliphatic carbocycles. The number of nitrogens with zero attached hydrogens (tertiary/aromatic N) is 5. The second-order valence-electron chi connectivity index (χ2n) is 8.76. The fraction of sp³-hybridized carbons (Fsp3) is 0.700. The lowest BCUT2D eigenvalue weighted by Gasteiger charge is -2.44. The lowest BCUT2D eigenvalue weighted by Crippen LogP contribution is -2.45. The highest BCUT2D eigenvalue weighted by Crippen LogP contribution is 2.41. The van der Waals surface area contributed by atoms with Crippen molar-refractivity contribution >= 4 is 17.2 Å². The molecular formula is C20H28N6OS. The van der Waals surface area contributed by atoms with Crippen LogP contribution in [0.3, 0.4) is 0 Å². The first kappa shape index (κ1) is 18.2. The van der Waals surface area contributed by atoms with Crippen LogP contribution in [0.25, 0.3) is 0 Å². The third kappa shape index (κ3) is 3.37. The van der Waals surface area contributed by atoms with Crippen molar-refractivity contribution in [2.24, 2.45) is 5.41 Å². The van der Waals surface area contributed by atoms with Gasteiger partial charge >= 0.3 is 0 Å². The van der Waals surface area contributed by atoms with E-state index in [2.05, 4.69) is 36.9 Å². The lowest BCUT2D eigenvalue weighted by atomic mass is 9.73. The largest absolute Gasteiger partial charge is 0.347 e. The van der Waals surface area contributed by atoms with Crippen molar-refractivity contribution in [3.63, 3.8) is 0 Å². The average Bonchev–Trinajstić information content (AvgIpc) is 3.26. The maximum absolute atomic E-state index is 12.7. The molecule has 0 atom stereocenters. The van der Waals surface area contributed by atoms with Crippen LogP contribution in [0, 0.1) is 12.3 Å². The van der Waals surface area contributed by atoms with E-state index < -0.39 is 0 Å². The van der Waals surface area contributed by atoms with Crippen LogP contribution in [-0.4, -0.2) is 49.7 Å². The molecule has 0 aromatic carbocycles. The zero-order chi connectivity index (χ0) is 19.1. The van der Waals surface area contributed by atoms with Gasteiger partial charge in [-0.05, 0) is 64.0 Å². The third-order valence-corrected chi connectivity index (χ3v) is 7.89. The number of rotatable bonds is 4. The number of hydrogen-bond acceptors (Lipinski definition) is 6. The number of likely N-dealkylation sites (tertiary alicyclic amines) is 1. The predicted molar refractivity (Wildman–Crippen MR) is 107 cm³/mol. The quantitative estimate of drug-likeness (QED) is 0.854. The molecule has 3 aliphatic rings. The molecule has 2 aliphatic heterocycles. The second-order valence-corrected chi connectivity index (χ2v) is 9.70. The minimum atomic E-state index is -0.0430. The van der Waals surface area contributed by atoms with Crippen molar-refractivity contribution in [3.05, 3.63) is 27.7 Å². The highest BCUT2D eigenvalue weighted by molar-refractivity contribution is 7.09. The fourth-order valence-electron chi connectivity index (χ4n) is 4.72. The molecule has 5 rings (SSSR count). The Morgan fingerprint density at radius 2 is 2.11 bits per heavy atom. The van der Waals surface area contributed by atoms with Gasteiger partial charge in [-0.15, -0.1) is 21.5 Å². The first-order valence-electron chi connectivity index (χ1n) is 10.5. The topological polar surface area (TPSA) is 75.9 Å². The Balaban J connectivity index is 1.25. The molecule has 2 aromatic heterocycles. The van der Waals surface area contributed by atoms with Crippen LogP contribution in [0.2, 0.25) is 0 Å². The van der Waals surface area contributed by atoms with Crippen LogP contribution in [0.5, 0.6) is 0 Å². The van der Waals surface area contributed by atoms with E-state index in [0.29, 0.717) is 11.9 Å². The standard InChI is InChI=1S/C20H28N6OS/c1-14-16(28-13-21-14)11-25-9-7-20(8-10-25)6-5-17-23-24-18(26(17)12-20)19(27)22-15-3-2-4-15/h13,15H,2-12H2,1H3,(H,22,27). The number of thiazole rings is 1. The van der Waals surface area contributed by atoms with E-state index in [4.69, 9.17) is 0 Å². The van der Waals surface area contributed by atoms with Crippen LogP contribution >= 0.6 is 11.3 Å². The lowest BCUT2D eigenvalue weighted by molar-refractivity contribution is 0.0619. The van der Waals surface area contributed by atoms with Gasteiger partial charge in [-0.2, -0.15) is 0 Å². The van der Waals surface area contributed by atoms with Crippen LogP contribution in [0.15, 0.2) is 5.51 Å². The molecule has 4 heterocycles. The predicted octanol–water partition coefficient (Wildman–Crippen LogP) is 2.55. The number of nitrogens with one attached hydrogen (secondary N) is 1. The third-order valence-electron chi connectivity index (χ3n) is 6.97. The molecule has 8 heteroatoms. The van der Waals surface area contributed by atoms with E-state index in [9.17, 15) is 4.79 Å². The summed E-state index contributed by atoms with van der Waals surface area (Å²) in [4.78, 5) is 21.0. The number of carbonyl (C=O) groups excluding carboxylic acids is 1. The van der Waals surface area contributed by atoms with Crippen LogP contribution in [0.4, 0.5) is 0 Å². The monoisotopic (exact) mass is 400 g/mol. The summed E-state index contributed by atoms with van der Waals surface area (Å²) in [5.41, 5.74) is 3.39. The Kier molecular flexibility index (Phi) is 4.71. The maximum atomic E-state index is 12.7. The van der Waals surface area contributed by atoms with Crippen molar-refractivity contribution < 1.29 is 4.79 Å². The van der Waals surface area contributed by atoms with Gasteiger partial charge in [0.15, 0.2) is 0 Å². The Morgan fingerprint density at radius 3 is 2.79 bits per heavy atom. The van der Waals surface area contributed by atoms with E-state index in [1.54, 1.807) is 11.3 Å². The van der Waals surface area contributed by atoms with Crippen LogP contribution in [0.1, 0.15) is 65.5 Å². The molecule has 0 radical (unpaired) electrons. The fourth-order valence-corrected chi connectivity index (χ4v) is 5.54. The Hall–Kier alpha value is -1.80. The molecule has 28 heavy (non-hydrogen) atoms. The highest BCUT2D eigenvalue weighted by atomic mass is 32.1. The number of fused-ring (bicyclic) bond motifs is 1. The van der Waals surface area contributed by atoms with Gasteiger partial charge in [-0.25, -0.2) is 4.98 Å². The van der Waals surface area contributed by atoms with E-state index >= 15 is 0 Å². The van der Waals surface area contributed by atoms with E-state index in [1.807, 2.05) is 5.51 Å². The molecule has 1 saturated carbocycles. The van der Waals surface area contributed by atoms with Crippen molar-refractivity contribution in [1.82, 2.24) is 30.0 Å². The summed E-state index contributed by atoms with van der Waals surface area (Å²) < 4.78 is 2.11. The molecule has 0 unspecified atom stereocenters. The summed E-state index contributed by atoms with van der Waals surface area (Å²) in [6.07, 6.45) is 7.82. The van der Waals surface area contributed by atoms with Crippen LogP contribution in [-0.2, 0) is 19.5 Å². The average molecular weight is 401 g/mol. The summed E-state index contributed by atoms with van der Waals surface area (Å²) in [6, 6.07) is 0.330.